The van der Waals surface area contributed by atoms with Crippen molar-refractivity contribution in [3.63, 3.8) is 0 Å². The van der Waals surface area contributed by atoms with Gasteiger partial charge in [0.2, 0.25) is 0 Å². The lowest BCUT2D eigenvalue weighted by atomic mass is 9.94. The second kappa shape index (κ2) is 5.54. The fourth-order valence-electron chi connectivity index (χ4n) is 1.74. The van der Waals surface area contributed by atoms with Crippen LogP contribution in [0.5, 0.6) is 11.5 Å². The van der Waals surface area contributed by atoms with E-state index in [1.807, 2.05) is 0 Å². The molecule has 1 aromatic carbocycles. The van der Waals surface area contributed by atoms with E-state index in [1.54, 1.807) is 19.1 Å². The number of carbonyl (C=O) groups is 1. The van der Waals surface area contributed by atoms with Crippen LogP contribution in [0.25, 0.3) is 0 Å². The van der Waals surface area contributed by atoms with Gasteiger partial charge in [-0.2, -0.15) is 0 Å². The van der Waals surface area contributed by atoms with Crippen molar-refractivity contribution in [1.29, 1.82) is 0 Å². The van der Waals surface area contributed by atoms with E-state index in [0.717, 1.165) is 5.56 Å². The van der Waals surface area contributed by atoms with Crippen LogP contribution in [0.1, 0.15) is 17.0 Å². The van der Waals surface area contributed by atoms with Crippen LogP contribution < -0.4 is 15.2 Å². The van der Waals surface area contributed by atoms with E-state index in [0.29, 0.717) is 17.1 Å². The number of benzene rings is 1. The fourth-order valence-corrected chi connectivity index (χ4v) is 1.74. The summed E-state index contributed by atoms with van der Waals surface area (Å²) in [4.78, 5) is 11.1. The lowest BCUT2D eigenvalue weighted by Gasteiger charge is -2.17. The Balaban J connectivity index is 3.34. The van der Waals surface area contributed by atoms with E-state index in [-0.39, 0.29) is 6.54 Å². The molecule has 0 fully saturated rings. The van der Waals surface area contributed by atoms with Crippen LogP contribution >= 0.6 is 0 Å². The Kier molecular flexibility index (Phi) is 4.34. The first-order chi connectivity index (χ1) is 8.04. The van der Waals surface area contributed by atoms with E-state index in [4.69, 9.17) is 20.3 Å². The Labute approximate surface area is 100 Å². The van der Waals surface area contributed by atoms with Gasteiger partial charge in [-0.3, -0.25) is 4.79 Å². The van der Waals surface area contributed by atoms with E-state index in [1.165, 1.54) is 14.2 Å². The van der Waals surface area contributed by atoms with Crippen LogP contribution in [0.2, 0.25) is 0 Å². The molecule has 1 rings (SSSR count). The topological polar surface area (TPSA) is 81.8 Å². The molecule has 5 heteroatoms. The highest BCUT2D eigenvalue weighted by Gasteiger charge is 2.22. The average molecular weight is 239 g/mol. The number of carboxylic acids is 1. The molecule has 0 spiro atoms. The predicted octanol–water partition coefficient (Wildman–Crippen LogP) is 1.14. The Bertz CT molecular complexity index is 417. The molecular formula is C12H17NO4. The summed E-state index contributed by atoms with van der Waals surface area (Å²) in [5, 5.41) is 9.12. The van der Waals surface area contributed by atoms with Gasteiger partial charge in [-0.1, -0.05) is 0 Å². The molecule has 0 aliphatic rings. The summed E-state index contributed by atoms with van der Waals surface area (Å²) < 4.78 is 10.3. The molecule has 0 heterocycles. The third kappa shape index (κ3) is 2.68. The zero-order chi connectivity index (χ0) is 13.0. The number of methoxy groups -OCH3 is 2. The first-order valence-electron chi connectivity index (χ1n) is 5.20. The molecule has 1 aromatic rings. The van der Waals surface area contributed by atoms with Gasteiger partial charge in [0.1, 0.15) is 11.5 Å². The summed E-state index contributed by atoms with van der Waals surface area (Å²) in [6.07, 6.45) is 0. The minimum atomic E-state index is -0.953. The number of carboxylic acid groups (broad SMARTS) is 1. The van der Waals surface area contributed by atoms with Crippen molar-refractivity contribution in [2.24, 2.45) is 5.73 Å². The standard InChI is InChI=1S/C12H17NO4/c1-7-9(10(6-13)12(14)15)4-8(16-2)5-11(7)17-3/h4-5,10H,6,13H2,1-3H3,(H,14,15). The van der Waals surface area contributed by atoms with Crippen molar-refractivity contribution in [2.45, 2.75) is 12.8 Å². The maximum absolute atomic E-state index is 11.1. The molecule has 1 unspecified atom stereocenters. The molecule has 0 aromatic heterocycles. The van der Waals surface area contributed by atoms with Crippen LogP contribution in [0.4, 0.5) is 0 Å². The van der Waals surface area contributed by atoms with Gasteiger partial charge in [0.05, 0.1) is 20.1 Å². The van der Waals surface area contributed by atoms with Crippen LogP contribution in [0.15, 0.2) is 12.1 Å². The third-order valence-electron chi connectivity index (χ3n) is 2.74. The third-order valence-corrected chi connectivity index (χ3v) is 2.74. The van der Waals surface area contributed by atoms with Gasteiger partial charge in [0.15, 0.2) is 0 Å². The molecule has 0 aliphatic carbocycles. The summed E-state index contributed by atoms with van der Waals surface area (Å²) in [5.74, 6) is -0.550. The SMILES string of the molecule is COc1cc(OC)c(C)c(C(CN)C(=O)O)c1. The summed E-state index contributed by atoms with van der Waals surface area (Å²) in [5.41, 5.74) is 6.89. The smallest absolute Gasteiger partial charge is 0.312 e. The molecule has 3 N–H and O–H groups in total. The fraction of sp³-hybridized carbons (Fsp3) is 0.417. The monoisotopic (exact) mass is 239 g/mol. The largest absolute Gasteiger partial charge is 0.497 e. The second-order valence-corrected chi connectivity index (χ2v) is 3.67. The Morgan fingerprint density at radius 2 is 2.06 bits per heavy atom. The Hall–Kier alpha value is -1.75. The van der Waals surface area contributed by atoms with E-state index < -0.39 is 11.9 Å². The van der Waals surface area contributed by atoms with E-state index in [9.17, 15) is 4.79 Å². The molecule has 0 amide bonds. The van der Waals surface area contributed by atoms with Gasteiger partial charge >= 0.3 is 5.97 Å². The highest BCUT2D eigenvalue weighted by molar-refractivity contribution is 5.77. The zero-order valence-corrected chi connectivity index (χ0v) is 10.2. The molecule has 94 valence electrons. The van der Waals surface area contributed by atoms with Crippen molar-refractivity contribution in [3.05, 3.63) is 23.3 Å². The normalized spacial score (nSPS) is 12.0. The summed E-state index contributed by atoms with van der Waals surface area (Å²) >= 11 is 0. The van der Waals surface area contributed by atoms with E-state index >= 15 is 0 Å². The highest BCUT2D eigenvalue weighted by Crippen LogP contribution is 2.32. The number of aliphatic carboxylic acids is 1. The maximum atomic E-state index is 11.1. The number of rotatable bonds is 5. The van der Waals surface area contributed by atoms with Crippen molar-refractivity contribution < 1.29 is 19.4 Å². The van der Waals surface area contributed by atoms with Gasteiger partial charge in [0, 0.05) is 12.6 Å². The Morgan fingerprint density at radius 1 is 1.41 bits per heavy atom. The highest BCUT2D eigenvalue weighted by atomic mass is 16.5. The lowest BCUT2D eigenvalue weighted by Crippen LogP contribution is -2.22. The van der Waals surface area contributed by atoms with Gasteiger partial charge in [-0.15, -0.1) is 0 Å². The van der Waals surface area contributed by atoms with Crippen LogP contribution in [-0.2, 0) is 4.79 Å². The first kappa shape index (κ1) is 13.3. The average Bonchev–Trinajstić information content (AvgIpc) is 2.31. The Morgan fingerprint density at radius 3 is 2.47 bits per heavy atom. The summed E-state index contributed by atoms with van der Waals surface area (Å²) in [7, 11) is 3.05. The molecular weight excluding hydrogens is 222 g/mol. The number of hydrogen-bond acceptors (Lipinski definition) is 4. The summed E-state index contributed by atoms with van der Waals surface area (Å²) in [6, 6.07) is 3.40. The van der Waals surface area contributed by atoms with Crippen LogP contribution in [0.3, 0.4) is 0 Å². The lowest BCUT2D eigenvalue weighted by molar-refractivity contribution is -0.138. The molecule has 17 heavy (non-hydrogen) atoms. The number of ether oxygens (including phenoxy) is 2. The van der Waals surface area contributed by atoms with Crippen molar-refractivity contribution in [1.82, 2.24) is 0 Å². The molecule has 1 atom stereocenters. The zero-order valence-electron chi connectivity index (χ0n) is 10.2. The molecule has 0 saturated heterocycles. The molecule has 0 aliphatic heterocycles. The van der Waals surface area contributed by atoms with Gasteiger partial charge in [0.25, 0.3) is 0 Å². The minimum Gasteiger partial charge on any atom is -0.497 e. The minimum absolute atomic E-state index is 0.0342. The van der Waals surface area contributed by atoms with E-state index in [2.05, 4.69) is 0 Å². The molecule has 0 saturated carbocycles. The van der Waals surface area contributed by atoms with Crippen molar-refractivity contribution in [2.75, 3.05) is 20.8 Å². The van der Waals surface area contributed by atoms with Gasteiger partial charge in [-0.25, -0.2) is 0 Å². The molecule has 0 radical (unpaired) electrons. The molecule has 0 bridgehead atoms. The van der Waals surface area contributed by atoms with Crippen LogP contribution in [-0.4, -0.2) is 31.8 Å². The quantitative estimate of drug-likeness (QED) is 0.805. The second-order valence-electron chi connectivity index (χ2n) is 3.67. The number of hydrogen-bond donors (Lipinski definition) is 2. The maximum Gasteiger partial charge on any atom is 0.312 e. The van der Waals surface area contributed by atoms with Gasteiger partial charge in [-0.05, 0) is 24.1 Å². The first-order valence-corrected chi connectivity index (χ1v) is 5.20. The predicted molar refractivity (Wildman–Crippen MR) is 63.7 cm³/mol. The number of nitrogens with two attached hydrogens (primary N) is 1. The van der Waals surface area contributed by atoms with Crippen molar-refractivity contribution in [3.8, 4) is 11.5 Å². The van der Waals surface area contributed by atoms with Gasteiger partial charge < -0.3 is 20.3 Å². The van der Waals surface area contributed by atoms with Crippen molar-refractivity contribution >= 4 is 5.97 Å². The molecule has 5 nitrogen and oxygen atoms in total. The summed E-state index contributed by atoms with van der Waals surface area (Å²) in [6.45, 7) is 1.84. The van der Waals surface area contributed by atoms with Crippen LogP contribution in [0, 0.1) is 6.92 Å².